The van der Waals surface area contributed by atoms with Gasteiger partial charge < -0.3 is 10.6 Å². The Balaban J connectivity index is 0.00000144. The van der Waals surface area contributed by atoms with E-state index < -0.39 is 0 Å². The molecule has 1 aliphatic rings. The number of rotatable bonds is 3. The Morgan fingerprint density at radius 3 is 3.12 bits per heavy atom. The van der Waals surface area contributed by atoms with E-state index in [9.17, 15) is 4.79 Å². The number of amides is 1. The number of nitrogens with zero attached hydrogens (tertiary/aromatic N) is 2. The van der Waals surface area contributed by atoms with Gasteiger partial charge in [0.1, 0.15) is 5.82 Å². The van der Waals surface area contributed by atoms with Crippen molar-refractivity contribution in [3.05, 3.63) is 23.8 Å². The van der Waals surface area contributed by atoms with Gasteiger partial charge in [-0.2, -0.15) is 0 Å². The predicted octanol–water partition coefficient (Wildman–Crippen LogP) is 0.575. The Morgan fingerprint density at radius 1 is 1.65 bits per heavy atom. The Labute approximate surface area is 107 Å². The van der Waals surface area contributed by atoms with Crippen molar-refractivity contribution < 1.29 is 4.79 Å². The molecule has 0 radical (unpaired) electrons. The van der Waals surface area contributed by atoms with Crippen molar-refractivity contribution in [1.29, 1.82) is 0 Å². The van der Waals surface area contributed by atoms with Crippen LogP contribution in [-0.4, -0.2) is 28.5 Å². The molecule has 6 heteroatoms. The molecule has 0 saturated carbocycles. The normalized spacial score (nSPS) is 18.5. The number of halogens is 1. The first-order valence-corrected chi connectivity index (χ1v) is 5.55. The summed E-state index contributed by atoms with van der Waals surface area (Å²) in [6.07, 6.45) is 3.71. The molecular weight excluding hydrogens is 240 g/mol. The van der Waals surface area contributed by atoms with Gasteiger partial charge in [0.2, 0.25) is 5.91 Å². The molecule has 1 atom stereocenters. The summed E-state index contributed by atoms with van der Waals surface area (Å²) in [5.74, 6) is 0.791. The summed E-state index contributed by atoms with van der Waals surface area (Å²) in [6.45, 7) is 3.24. The van der Waals surface area contributed by atoms with E-state index >= 15 is 0 Å². The average molecular weight is 257 g/mol. The molecule has 2 heterocycles. The lowest BCUT2D eigenvalue weighted by Gasteiger charge is -2.10. The van der Waals surface area contributed by atoms with Gasteiger partial charge in [-0.05, 0) is 32.4 Å². The molecule has 17 heavy (non-hydrogen) atoms. The third-order valence-electron chi connectivity index (χ3n) is 2.65. The zero-order chi connectivity index (χ0) is 11.4. The number of aryl methyl sites for hydroxylation is 1. The van der Waals surface area contributed by atoms with E-state index in [2.05, 4.69) is 20.6 Å². The van der Waals surface area contributed by atoms with E-state index in [0.717, 1.165) is 30.9 Å². The Bertz CT molecular complexity index is 379. The van der Waals surface area contributed by atoms with Gasteiger partial charge in [0.05, 0.1) is 18.3 Å². The molecule has 0 spiro atoms. The predicted molar refractivity (Wildman–Crippen MR) is 66.9 cm³/mol. The standard InChI is InChI=1S/C11H16N4O.ClH/c1-8-12-6-4-9(15-8)7-14-11(16)10-3-2-5-13-10;/h4,6,10,13H,2-3,5,7H2,1H3,(H,14,16);1H. The summed E-state index contributed by atoms with van der Waals surface area (Å²) in [7, 11) is 0. The van der Waals surface area contributed by atoms with Crippen LogP contribution in [0, 0.1) is 6.92 Å². The lowest BCUT2D eigenvalue weighted by Crippen LogP contribution is -2.40. The minimum Gasteiger partial charge on any atom is -0.349 e. The highest BCUT2D eigenvalue weighted by atomic mass is 35.5. The van der Waals surface area contributed by atoms with Crippen LogP contribution in [-0.2, 0) is 11.3 Å². The van der Waals surface area contributed by atoms with Gasteiger partial charge in [-0.3, -0.25) is 4.79 Å². The first kappa shape index (κ1) is 13.9. The molecular formula is C11H17ClN4O. The zero-order valence-corrected chi connectivity index (χ0v) is 10.6. The third kappa shape index (κ3) is 3.94. The van der Waals surface area contributed by atoms with E-state index in [1.807, 2.05) is 13.0 Å². The van der Waals surface area contributed by atoms with Crippen LogP contribution in [0.25, 0.3) is 0 Å². The number of carbonyl (C=O) groups is 1. The van der Waals surface area contributed by atoms with Crippen LogP contribution in [0.3, 0.4) is 0 Å². The van der Waals surface area contributed by atoms with Crippen molar-refractivity contribution in [3.8, 4) is 0 Å². The van der Waals surface area contributed by atoms with E-state index in [0.29, 0.717) is 6.54 Å². The Morgan fingerprint density at radius 2 is 2.47 bits per heavy atom. The fourth-order valence-electron chi connectivity index (χ4n) is 1.81. The van der Waals surface area contributed by atoms with Crippen molar-refractivity contribution in [3.63, 3.8) is 0 Å². The SMILES string of the molecule is Cc1nccc(CNC(=O)C2CCCN2)n1.Cl. The Hall–Kier alpha value is -1.20. The molecule has 0 aliphatic carbocycles. The van der Waals surface area contributed by atoms with Crippen LogP contribution in [0.5, 0.6) is 0 Å². The first-order valence-electron chi connectivity index (χ1n) is 5.55. The third-order valence-corrected chi connectivity index (χ3v) is 2.65. The van der Waals surface area contributed by atoms with Crippen molar-refractivity contribution in [1.82, 2.24) is 20.6 Å². The van der Waals surface area contributed by atoms with E-state index in [1.165, 1.54) is 0 Å². The summed E-state index contributed by atoms with van der Waals surface area (Å²) < 4.78 is 0. The van der Waals surface area contributed by atoms with Crippen molar-refractivity contribution >= 4 is 18.3 Å². The lowest BCUT2D eigenvalue weighted by molar-refractivity contribution is -0.122. The minimum atomic E-state index is -0.0251. The molecule has 1 aromatic heterocycles. The quantitative estimate of drug-likeness (QED) is 0.830. The fraction of sp³-hybridized carbons (Fsp3) is 0.545. The summed E-state index contributed by atoms with van der Waals surface area (Å²) in [4.78, 5) is 19.9. The minimum absolute atomic E-state index is 0. The monoisotopic (exact) mass is 256 g/mol. The summed E-state index contributed by atoms with van der Waals surface area (Å²) in [5.41, 5.74) is 0.846. The molecule has 0 bridgehead atoms. The summed E-state index contributed by atoms with van der Waals surface area (Å²) in [6, 6.07) is 1.79. The number of nitrogens with one attached hydrogen (secondary N) is 2. The summed E-state index contributed by atoms with van der Waals surface area (Å²) in [5, 5.41) is 6.04. The van der Waals surface area contributed by atoms with Crippen molar-refractivity contribution in [2.75, 3.05) is 6.54 Å². The van der Waals surface area contributed by atoms with E-state index in [-0.39, 0.29) is 24.4 Å². The van der Waals surface area contributed by atoms with Gasteiger partial charge in [-0.25, -0.2) is 9.97 Å². The second-order valence-corrected chi connectivity index (χ2v) is 3.96. The van der Waals surface area contributed by atoms with Crippen LogP contribution >= 0.6 is 12.4 Å². The van der Waals surface area contributed by atoms with E-state index in [1.54, 1.807) is 6.20 Å². The van der Waals surface area contributed by atoms with Gasteiger partial charge in [-0.1, -0.05) is 0 Å². The maximum absolute atomic E-state index is 11.7. The molecule has 1 amide bonds. The highest BCUT2D eigenvalue weighted by Gasteiger charge is 2.21. The maximum Gasteiger partial charge on any atom is 0.237 e. The second-order valence-electron chi connectivity index (χ2n) is 3.96. The molecule has 2 rings (SSSR count). The summed E-state index contributed by atoms with van der Waals surface area (Å²) >= 11 is 0. The van der Waals surface area contributed by atoms with Crippen LogP contribution in [0.4, 0.5) is 0 Å². The van der Waals surface area contributed by atoms with Gasteiger partial charge >= 0.3 is 0 Å². The molecule has 5 nitrogen and oxygen atoms in total. The molecule has 1 unspecified atom stereocenters. The highest BCUT2D eigenvalue weighted by Crippen LogP contribution is 2.04. The maximum atomic E-state index is 11.7. The number of hydrogen-bond acceptors (Lipinski definition) is 4. The van der Waals surface area contributed by atoms with Crippen LogP contribution < -0.4 is 10.6 Å². The smallest absolute Gasteiger partial charge is 0.237 e. The molecule has 1 aliphatic heterocycles. The second kappa shape index (κ2) is 6.51. The molecule has 2 N–H and O–H groups in total. The molecule has 1 fully saturated rings. The fourth-order valence-corrected chi connectivity index (χ4v) is 1.81. The largest absolute Gasteiger partial charge is 0.349 e. The molecule has 1 aromatic rings. The van der Waals surface area contributed by atoms with Crippen LogP contribution in [0.2, 0.25) is 0 Å². The topological polar surface area (TPSA) is 66.9 Å². The highest BCUT2D eigenvalue weighted by molar-refractivity contribution is 5.85. The van der Waals surface area contributed by atoms with Crippen LogP contribution in [0.1, 0.15) is 24.4 Å². The van der Waals surface area contributed by atoms with Crippen molar-refractivity contribution in [2.45, 2.75) is 32.4 Å². The van der Waals surface area contributed by atoms with Crippen molar-refractivity contribution in [2.24, 2.45) is 0 Å². The molecule has 0 aromatic carbocycles. The average Bonchev–Trinajstić information content (AvgIpc) is 2.79. The van der Waals surface area contributed by atoms with E-state index in [4.69, 9.17) is 0 Å². The van der Waals surface area contributed by atoms with Gasteiger partial charge in [-0.15, -0.1) is 12.4 Å². The molecule has 1 saturated heterocycles. The first-order chi connectivity index (χ1) is 7.75. The number of hydrogen-bond donors (Lipinski definition) is 2. The number of aromatic nitrogens is 2. The van der Waals surface area contributed by atoms with Crippen LogP contribution in [0.15, 0.2) is 12.3 Å². The number of carbonyl (C=O) groups excluding carboxylic acids is 1. The van der Waals surface area contributed by atoms with Gasteiger partial charge in [0.15, 0.2) is 0 Å². The molecule has 94 valence electrons. The Kier molecular flexibility index (Phi) is 5.31. The lowest BCUT2D eigenvalue weighted by atomic mass is 10.2. The van der Waals surface area contributed by atoms with Gasteiger partial charge in [0.25, 0.3) is 0 Å². The zero-order valence-electron chi connectivity index (χ0n) is 9.77. The van der Waals surface area contributed by atoms with Gasteiger partial charge in [0, 0.05) is 6.20 Å².